The van der Waals surface area contributed by atoms with Gasteiger partial charge in [0.1, 0.15) is 0 Å². The van der Waals surface area contributed by atoms with Crippen molar-refractivity contribution in [1.29, 1.82) is 0 Å². The van der Waals surface area contributed by atoms with Crippen LogP contribution in [0.25, 0.3) is 0 Å². The second-order valence-corrected chi connectivity index (χ2v) is 5.05. The van der Waals surface area contributed by atoms with Gasteiger partial charge in [-0.25, -0.2) is 0 Å². The standard InChI is InChI=1S/C15H24N2O/c1-2-16-15(13-6-4-3-5-7-13)9-11-17-10-8-14(18)12-17/h3-7,14-16,18H,2,8-12H2,1H3. The van der Waals surface area contributed by atoms with Crippen LogP contribution in [-0.2, 0) is 0 Å². The molecule has 3 nitrogen and oxygen atoms in total. The first-order valence-electron chi connectivity index (χ1n) is 6.98. The molecule has 2 unspecified atom stereocenters. The Labute approximate surface area is 110 Å². The molecule has 2 atom stereocenters. The number of aliphatic hydroxyl groups is 1. The average molecular weight is 248 g/mol. The van der Waals surface area contributed by atoms with Crippen LogP contribution in [0.5, 0.6) is 0 Å². The maximum atomic E-state index is 9.53. The Bertz CT molecular complexity index is 342. The van der Waals surface area contributed by atoms with Crippen molar-refractivity contribution in [2.75, 3.05) is 26.2 Å². The lowest BCUT2D eigenvalue weighted by Gasteiger charge is -2.22. The van der Waals surface area contributed by atoms with Crippen molar-refractivity contribution in [3.63, 3.8) is 0 Å². The van der Waals surface area contributed by atoms with E-state index in [1.807, 2.05) is 0 Å². The first-order chi connectivity index (χ1) is 8.79. The van der Waals surface area contributed by atoms with Crippen molar-refractivity contribution in [3.05, 3.63) is 35.9 Å². The lowest BCUT2D eigenvalue weighted by molar-refractivity contribution is 0.174. The molecule has 0 amide bonds. The van der Waals surface area contributed by atoms with Crippen LogP contribution in [0.2, 0.25) is 0 Å². The summed E-state index contributed by atoms with van der Waals surface area (Å²) in [6.45, 7) is 6.07. The molecule has 0 bridgehead atoms. The second-order valence-electron chi connectivity index (χ2n) is 5.05. The Balaban J connectivity index is 1.87. The highest BCUT2D eigenvalue weighted by atomic mass is 16.3. The molecule has 0 aromatic heterocycles. The van der Waals surface area contributed by atoms with Gasteiger partial charge in [0.15, 0.2) is 0 Å². The Morgan fingerprint density at radius 1 is 1.39 bits per heavy atom. The molecule has 2 N–H and O–H groups in total. The van der Waals surface area contributed by atoms with E-state index in [1.54, 1.807) is 0 Å². The SMILES string of the molecule is CCNC(CCN1CCC(O)C1)c1ccccc1. The van der Waals surface area contributed by atoms with E-state index in [2.05, 4.69) is 47.5 Å². The summed E-state index contributed by atoms with van der Waals surface area (Å²) in [6, 6.07) is 11.1. The van der Waals surface area contributed by atoms with E-state index >= 15 is 0 Å². The van der Waals surface area contributed by atoms with Crippen LogP contribution in [0.15, 0.2) is 30.3 Å². The molecule has 0 spiro atoms. The van der Waals surface area contributed by atoms with Crippen molar-refractivity contribution in [1.82, 2.24) is 10.2 Å². The maximum absolute atomic E-state index is 9.53. The molecule has 0 radical (unpaired) electrons. The highest BCUT2D eigenvalue weighted by Crippen LogP contribution is 2.18. The van der Waals surface area contributed by atoms with Crippen LogP contribution in [0.4, 0.5) is 0 Å². The first-order valence-corrected chi connectivity index (χ1v) is 6.98. The van der Waals surface area contributed by atoms with Crippen LogP contribution in [0.1, 0.15) is 31.4 Å². The molecule has 3 heteroatoms. The minimum Gasteiger partial charge on any atom is -0.392 e. The summed E-state index contributed by atoms with van der Waals surface area (Å²) < 4.78 is 0. The third-order valence-electron chi connectivity index (χ3n) is 3.63. The normalized spacial score (nSPS) is 22.2. The van der Waals surface area contributed by atoms with E-state index in [9.17, 15) is 5.11 Å². The minimum absolute atomic E-state index is 0.112. The van der Waals surface area contributed by atoms with Gasteiger partial charge in [-0.05, 0) is 24.9 Å². The minimum atomic E-state index is -0.112. The van der Waals surface area contributed by atoms with Gasteiger partial charge < -0.3 is 15.3 Å². The van der Waals surface area contributed by atoms with Crippen molar-refractivity contribution in [3.8, 4) is 0 Å². The summed E-state index contributed by atoms with van der Waals surface area (Å²) in [4.78, 5) is 2.36. The van der Waals surface area contributed by atoms with Crippen LogP contribution >= 0.6 is 0 Å². The largest absolute Gasteiger partial charge is 0.392 e. The summed E-state index contributed by atoms with van der Waals surface area (Å²) >= 11 is 0. The lowest BCUT2D eigenvalue weighted by Crippen LogP contribution is -2.28. The number of aliphatic hydroxyl groups excluding tert-OH is 1. The van der Waals surface area contributed by atoms with Crippen LogP contribution in [0.3, 0.4) is 0 Å². The van der Waals surface area contributed by atoms with E-state index < -0.39 is 0 Å². The number of nitrogens with zero attached hydrogens (tertiary/aromatic N) is 1. The number of β-amino-alcohol motifs (C(OH)–C–C–N with tert-alkyl or cyclic N) is 1. The summed E-state index contributed by atoms with van der Waals surface area (Å²) in [5.74, 6) is 0. The van der Waals surface area contributed by atoms with Gasteiger partial charge in [0, 0.05) is 25.7 Å². The molecule has 1 aliphatic heterocycles. The number of rotatable bonds is 6. The van der Waals surface area contributed by atoms with Crippen molar-refractivity contribution >= 4 is 0 Å². The molecule has 1 fully saturated rings. The van der Waals surface area contributed by atoms with Crippen molar-refractivity contribution in [2.45, 2.75) is 31.9 Å². The molecule has 1 aromatic carbocycles. The van der Waals surface area contributed by atoms with E-state index in [0.717, 1.165) is 39.0 Å². The molecular formula is C15H24N2O. The van der Waals surface area contributed by atoms with Gasteiger partial charge in [0.25, 0.3) is 0 Å². The molecule has 1 aliphatic rings. The fraction of sp³-hybridized carbons (Fsp3) is 0.600. The van der Waals surface area contributed by atoms with Gasteiger partial charge in [0.05, 0.1) is 6.10 Å². The number of benzene rings is 1. The Morgan fingerprint density at radius 3 is 2.78 bits per heavy atom. The Kier molecular flexibility index (Phi) is 5.17. The zero-order valence-electron chi connectivity index (χ0n) is 11.2. The number of hydrogen-bond donors (Lipinski definition) is 2. The molecule has 1 aromatic rings. The monoisotopic (exact) mass is 248 g/mol. The molecule has 0 aliphatic carbocycles. The first kappa shape index (κ1) is 13.5. The van der Waals surface area contributed by atoms with E-state index in [0.29, 0.717) is 6.04 Å². The fourth-order valence-electron chi connectivity index (χ4n) is 2.65. The molecule has 100 valence electrons. The Morgan fingerprint density at radius 2 is 2.17 bits per heavy atom. The zero-order chi connectivity index (χ0) is 12.8. The summed E-state index contributed by atoms with van der Waals surface area (Å²) in [7, 11) is 0. The smallest absolute Gasteiger partial charge is 0.0679 e. The fourth-order valence-corrected chi connectivity index (χ4v) is 2.65. The molecule has 2 rings (SSSR count). The predicted molar refractivity (Wildman–Crippen MR) is 74.5 cm³/mol. The van der Waals surface area contributed by atoms with Gasteiger partial charge in [-0.15, -0.1) is 0 Å². The molecule has 0 saturated carbocycles. The number of likely N-dealkylation sites (tertiary alicyclic amines) is 1. The van der Waals surface area contributed by atoms with Gasteiger partial charge in [-0.3, -0.25) is 0 Å². The quantitative estimate of drug-likeness (QED) is 0.806. The molecule has 18 heavy (non-hydrogen) atoms. The van der Waals surface area contributed by atoms with Crippen LogP contribution in [-0.4, -0.2) is 42.3 Å². The number of nitrogens with one attached hydrogen (secondary N) is 1. The third-order valence-corrected chi connectivity index (χ3v) is 3.63. The average Bonchev–Trinajstić information content (AvgIpc) is 2.81. The molecule has 1 saturated heterocycles. The third kappa shape index (κ3) is 3.80. The van der Waals surface area contributed by atoms with E-state index in [-0.39, 0.29) is 6.10 Å². The van der Waals surface area contributed by atoms with Gasteiger partial charge >= 0.3 is 0 Å². The van der Waals surface area contributed by atoms with Gasteiger partial charge in [0.2, 0.25) is 0 Å². The van der Waals surface area contributed by atoms with Crippen molar-refractivity contribution < 1.29 is 5.11 Å². The zero-order valence-corrected chi connectivity index (χ0v) is 11.2. The van der Waals surface area contributed by atoms with Gasteiger partial charge in [-0.1, -0.05) is 37.3 Å². The van der Waals surface area contributed by atoms with E-state index in [1.165, 1.54) is 5.56 Å². The topological polar surface area (TPSA) is 35.5 Å². The van der Waals surface area contributed by atoms with E-state index in [4.69, 9.17) is 0 Å². The number of hydrogen-bond acceptors (Lipinski definition) is 3. The summed E-state index contributed by atoms with van der Waals surface area (Å²) in [5, 5.41) is 13.1. The van der Waals surface area contributed by atoms with Crippen LogP contribution < -0.4 is 5.32 Å². The summed E-state index contributed by atoms with van der Waals surface area (Å²) in [5.41, 5.74) is 1.36. The molecular weight excluding hydrogens is 224 g/mol. The molecule has 1 heterocycles. The second kappa shape index (κ2) is 6.88. The van der Waals surface area contributed by atoms with Crippen molar-refractivity contribution in [2.24, 2.45) is 0 Å². The highest BCUT2D eigenvalue weighted by Gasteiger charge is 2.21. The predicted octanol–water partition coefficient (Wildman–Crippen LogP) is 1.79. The van der Waals surface area contributed by atoms with Crippen LogP contribution in [0, 0.1) is 0 Å². The Hall–Kier alpha value is -0.900. The lowest BCUT2D eigenvalue weighted by atomic mass is 10.0. The maximum Gasteiger partial charge on any atom is 0.0679 e. The van der Waals surface area contributed by atoms with Gasteiger partial charge in [-0.2, -0.15) is 0 Å². The summed E-state index contributed by atoms with van der Waals surface area (Å²) in [6.07, 6.45) is 1.92. The highest BCUT2D eigenvalue weighted by molar-refractivity contribution is 5.18.